The molecule has 0 amide bonds. The number of hydrogen-bond acceptors (Lipinski definition) is 2. The summed E-state index contributed by atoms with van der Waals surface area (Å²) in [6.45, 7) is 0. The van der Waals surface area contributed by atoms with Gasteiger partial charge in [-0.3, -0.25) is 4.79 Å². The van der Waals surface area contributed by atoms with Crippen LogP contribution < -0.4 is 11.3 Å². The number of nitrogens with two attached hydrogens (primary N) is 1. The van der Waals surface area contributed by atoms with E-state index in [0.29, 0.717) is 5.92 Å². The molecule has 0 bridgehead atoms. The maximum absolute atomic E-state index is 11.0. The Bertz CT molecular complexity index is 370. The molecule has 0 spiro atoms. The molecule has 3 N–H and O–H groups in total. The largest absolute Gasteiger partial charge is 0.327 e. The standard InChI is InChI=1S/C9H11ClN2O/c10-7-3-6(4-12-9(7)13)8(11)5-1-2-5/h3-5,8H,1-2,11H2,(H,12,13)/t8-/m1/s1. The van der Waals surface area contributed by atoms with Gasteiger partial charge in [0.25, 0.3) is 5.56 Å². The molecule has 1 saturated carbocycles. The van der Waals surface area contributed by atoms with Gasteiger partial charge in [-0.15, -0.1) is 0 Å². The van der Waals surface area contributed by atoms with Crippen LogP contribution in [0.2, 0.25) is 5.02 Å². The van der Waals surface area contributed by atoms with E-state index in [1.54, 1.807) is 12.3 Å². The van der Waals surface area contributed by atoms with Crippen molar-refractivity contribution in [1.29, 1.82) is 0 Å². The first-order valence-electron chi connectivity index (χ1n) is 4.32. The summed E-state index contributed by atoms with van der Waals surface area (Å²) in [5, 5.41) is 0.216. The number of rotatable bonds is 2. The molecule has 13 heavy (non-hydrogen) atoms. The summed E-state index contributed by atoms with van der Waals surface area (Å²) in [5.41, 5.74) is 6.61. The third-order valence-electron chi connectivity index (χ3n) is 2.40. The molecule has 0 saturated heterocycles. The monoisotopic (exact) mass is 198 g/mol. The van der Waals surface area contributed by atoms with Gasteiger partial charge in [0.05, 0.1) is 0 Å². The molecule has 0 radical (unpaired) electrons. The first-order valence-corrected chi connectivity index (χ1v) is 4.70. The molecule has 1 aliphatic carbocycles. The lowest BCUT2D eigenvalue weighted by Gasteiger charge is -2.09. The summed E-state index contributed by atoms with van der Waals surface area (Å²) in [5.74, 6) is 0.571. The Morgan fingerprint density at radius 3 is 2.85 bits per heavy atom. The molecule has 1 aromatic rings. The smallest absolute Gasteiger partial charge is 0.266 e. The SMILES string of the molecule is N[C@@H](c1c[nH]c(=O)c(Cl)c1)C1CC1. The highest BCUT2D eigenvalue weighted by atomic mass is 35.5. The van der Waals surface area contributed by atoms with Crippen LogP contribution in [0.15, 0.2) is 17.1 Å². The van der Waals surface area contributed by atoms with Crippen molar-refractivity contribution < 1.29 is 0 Å². The molecule has 0 aromatic carbocycles. The molecule has 0 aliphatic heterocycles. The van der Waals surface area contributed by atoms with Crippen molar-refractivity contribution >= 4 is 11.6 Å². The zero-order valence-corrected chi connectivity index (χ0v) is 7.84. The lowest BCUT2D eigenvalue weighted by Crippen LogP contribution is -2.15. The minimum absolute atomic E-state index is 0.0225. The highest BCUT2D eigenvalue weighted by Gasteiger charge is 2.29. The van der Waals surface area contributed by atoms with Crippen LogP contribution in [0.25, 0.3) is 0 Å². The van der Waals surface area contributed by atoms with E-state index in [9.17, 15) is 4.79 Å². The Morgan fingerprint density at radius 2 is 2.31 bits per heavy atom. The number of aromatic amines is 1. The third kappa shape index (κ3) is 1.76. The van der Waals surface area contributed by atoms with Crippen molar-refractivity contribution in [2.75, 3.05) is 0 Å². The summed E-state index contributed by atoms with van der Waals surface area (Å²) in [6, 6.07) is 1.68. The van der Waals surface area contributed by atoms with Gasteiger partial charge in [0, 0.05) is 12.2 Å². The van der Waals surface area contributed by atoms with Crippen molar-refractivity contribution in [1.82, 2.24) is 4.98 Å². The van der Waals surface area contributed by atoms with Crippen molar-refractivity contribution in [2.24, 2.45) is 11.7 Å². The minimum Gasteiger partial charge on any atom is -0.327 e. The van der Waals surface area contributed by atoms with E-state index in [1.165, 1.54) is 12.8 Å². The zero-order chi connectivity index (χ0) is 9.42. The normalized spacial score (nSPS) is 18.6. The molecule has 1 fully saturated rings. The molecule has 2 rings (SSSR count). The van der Waals surface area contributed by atoms with Crippen molar-refractivity contribution in [3.8, 4) is 0 Å². The van der Waals surface area contributed by atoms with Crippen molar-refractivity contribution in [3.63, 3.8) is 0 Å². The average Bonchev–Trinajstić information content (AvgIpc) is 2.91. The Hall–Kier alpha value is -0.800. The Kier molecular flexibility index (Phi) is 2.14. The van der Waals surface area contributed by atoms with Gasteiger partial charge in [0.2, 0.25) is 0 Å². The van der Waals surface area contributed by atoms with Gasteiger partial charge in [0.15, 0.2) is 0 Å². The molecular formula is C9H11ClN2O. The molecular weight excluding hydrogens is 188 g/mol. The van der Waals surface area contributed by atoms with Crippen LogP contribution in [-0.4, -0.2) is 4.98 Å². The maximum atomic E-state index is 11.0. The van der Waals surface area contributed by atoms with Crippen LogP contribution >= 0.6 is 11.6 Å². The predicted octanol–water partition coefficient (Wildman–Crippen LogP) is 1.44. The van der Waals surface area contributed by atoms with E-state index in [-0.39, 0.29) is 16.6 Å². The van der Waals surface area contributed by atoms with Crippen molar-refractivity contribution in [2.45, 2.75) is 18.9 Å². The third-order valence-corrected chi connectivity index (χ3v) is 2.68. The Labute approximate surface area is 80.9 Å². The summed E-state index contributed by atoms with van der Waals surface area (Å²) < 4.78 is 0. The van der Waals surface area contributed by atoms with E-state index in [0.717, 1.165) is 5.56 Å². The summed E-state index contributed by atoms with van der Waals surface area (Å²) >= 11 is 5.68. The van der Waals surface area contributed by atoms with Gasteiger partial charge in [-0.2, -0.15) is 0 Å². The predicted molar refractivity (Wildman–Crippen MR) is 51.7 cm³/mol. The lowest BCUT2D eigenvalue weighted by molar-refractivity contribution is 0.630. The molecule has 4 heteroatoms. The number of halogens is 1. The highest BCUT2D eigenvalue weighted by Crippen LogP contribution is 2.39. The zero-order valence-electron chi connectivity index (χ0n) is 7.09. The first-order chi connectivity index (χ1) is 6.18. The van der Waals surface area contributed by atoms with E-state index in [4.69, 9.17) is 17.3 Å². The number of H-pyrrole nitrogens is 1. The quantitative estimate of drug-likeness (QED) is 0.756. The second-order valence-corrected chi connectivity index (χ2v) is 3.88. The van der Waals surface area contributed by atoms with Crippen LogP contribution in [0, 0.1) is 5.92 Å². The lowest BCUT2D eigenvalue weighted by atomic mass is 10.1. The number of nitrogens with one attached hydrogen (secondary N) is 1. The van der Waals surface area contributed by atoms with Gasteiger partial charge in [-0.25, -0.2) is 0 Å². The van der Waals surface area contributed by atoms with Gasteiger partial charge in [-0.05, 0) is 30.4 Å². The average molecular weight is 199 g/mol. The maximum Gasteiger partial charge on any atom is 0.266 e. The van der Waals surface area contributed by atoms with Crippen LogP contribution in [0.5, 0.6) is 0 Å². The molecule has 1 aromatic heterocycles. The molecule has 3 nitrogen and oxygen atoms in total. The van der Waals surface area contributed by atoms with Crippen LogP contribution in [-0.2, 0) is 0 Å². The fraction of sp³-hybridized carbons (Fsp3) is 0.444. The second kappa shape index (κ2) is 3.16. The summed E-state index contributed by atoms with van der Waals surface area (Å²) in [7, 11) is 0. The van der Waals surface area contributed by atoms with Gasteiger partial charge < -0.3 is 10.7 Å². The topological polar surface area (TPSA) is 58.9 Å². The van der Waals surface area contributed by atoms with E-state index in [1.807, 2.05) is 0 Å². The van der Waals surface area contributed by atoms with Crippen molar-refractivity contribution in [3.05, 3.63) is 33.2 Å². The fourth-order valence-corrected chi connectivity index (χ4v) is 1.57. The molecule has 0 unspecified atom stereocenters. The van der Waals surface area contributed by atoms with E-state index < -0.39 is 0 Å². The van der Waals surface area contributed by atoms with Gasteiger partial charge in [0.1, 0.15) is 5.02 Å². The second-order valence-electron chi connectivity index (χ2n) is 3.47. The van der Waals surface area contributed by atoms with Gasteiger partial charge >= 0.3 is 0 Å². The van der Waals surface area contributed by atoms with E-state index >= 15 is 0 Å². The van der Waals surface area contributed by atoms with Crippen LogP contribution in [0.1, 0.15) is 24.4 Å². The molecule has 70 valence electrons. The Balaban J connectivity index is 2.29. The van der Waals surface area contributed by atoms with Crippen LogP contribution in [0.4, 0.5) is 0 Å². The van der Waals surface area contributed by atoms with Crippen LogP contribution in [0.3, 0.4) is 0 Å². The highest BCUT2D eigenvalue weighted by molar-refractivity contribution is 6.30. The molecule has 1 aliphatic rings. The summed E-state index contributed by atoms with van der Waals surface area (Å²) in [6.07, 6.45) is 4.01. The number of aromatic nitrogens is 1. The minimum atomic E-state index is -0.256. The molecule has 1 atom stereocenters. The Morgan fingerprint density at radius 1 is 1.62 bits per heavy atom. The number of hydrogen-bond donors (Lipinski definition) is 2. The summed E-state index contributed by atoms with van der Waals surface area (Å²) in [4.78, 5) is 13.5. The fourth-order valence-electron chi connectivity index (χ4n) is 1.39. The van der Waals surface area contributed by atoms with Gasteiger partial charge in [-0.1, -0.05) is 11.6 Å². The molecule has 1 heterocycles. The van der Waals surface area contributed by atoms with E-state index in [2.05, 4.69) is 4.98 Å². The first kappa shape index (κ1) is 8.78. The number of pyridine rings is 1.